The summed E-state index contributed by atoms with van der Waals surface area (Å²) in [5.74, 6) is 0.736. The van der Waals surface area contributed by atoms with Crippen LogP contribution in [0.5, 0.6) is 5.75 Å². The van der Waals surface area contributed by atoms with E-state index in [1.807, 2.05) is 42.5 Å². The second-order valence-electron chi connectivity index (χ2n) is 4.86. The number of ether oxygens (including phenoxy) is 2. The molecular formula is C17H17N3O2. The zero-order valence-corrected chi connectivity index (χ0v) is 12.3. The van der Waals surface area contributed by atoms with Gasteiger partial charge in [-0.15, -0.1) is 0 Å². The number of nitrogens with one attached hydrogen (secondary N) is 1. The van der Waals surface area contributed by atoms with Crippen molar-refractivity contribution in [3.63, 3.8) is 0 Å². The summed E-state index contributed by atoms with van der Waals surface area (Å²) < 4.78 is 10.9. The molecule has 112 valence electrons. The Kier molecular flexibility index (Phi) is 4.46. The molecule has 1 aromatic carbocycles. The standard InChI is InChI=1S/C17H17N3O2/c1-21-12-14-9-19-20-17(14)16-8-7-15(10-18-16)22-11-13-5-3-2-4-6-13/h2-10H,11-12H2,1H3,(H,19,20). The van der Waals surface area contributed by atoms with Crippen molar-refractivity contribution in [2.45, 2.75) is 13.2 Å². The molecule has 1 N–H and O–H groups in total. The number of aromatic amines is 1. The molecular weight excluding hydrogens is 278 g/mol. The molecule has 0 spiro atoms. The van der Waals surface area contributed by atoms with Crippen LogP contribution in [0.15, 0.2) is 54.9 Å². The van der Waals surface area contributed by atoms with Crippen molar-refractivity contribution in [3.05, 3.63) is 66.0 Å². The number of nitrogens with zero attached hydrogens (tertiary/aromatic N) is 2. The van der Waals surface area contributed by atoms with E-state index in [9.17, 15) is 0 Å². The first-order valence-corrected chi connectivity index (χ1v) is 7.01. The summed E-state index contributed by atoms with van der Waals surface area (Å²) in [6.07, 6.45) is 3.47. The van der Waals surface area contributed by atoms with Crippen molar-refractivity contribution in [3.8, 4) is 17.1 Å². The predicted molar refractivity (Wildman–Crippen MR) is 83.3 cm³/mol. The van der Waals surface area contributed by atoms with Crippen LogP contribution in [-0.4, -0.2) is 22.3 Å². The van der Waals surface area contributed by atoms with Crippen LogP contribution in [0, 0.1) is 0 Å². The van der Waals surface area contributed by atoms with E-state index < -0.39 is 0 Å². The van der Waals surface area contributed by atoms with Crippen molar-refractivity contribution >= 4 is 0 Å². The van der Waals surface area contributed by atoms with Crippen LogP contribution in [0.3, 0.4) is 0 Å². The largest absolute Gasteiger partial charge is 0.487 e. The molecule has 5 heteroatoms. The van der Waals surface area contributed by atoms with Gasteiger partial charge in [0, 0.05) is 12.7 Å². The second kappa shape index (κ2) is 6.87. The van der Waals surface area contributed by atoms with Crippen LogP contribution < -0.4 is 4.74 Å². The van der Waals surface area contributed by atoms with Gasteiger partial charge in [0.1, 0.15) is 12.4 Å². The van der Waals surface area contributed by atoms with Gasteiger partial charge in [-0.2, -0.15) is 5.10 Å². The Morgan fingerprint density at radius 2 is 1.86 bits per heavy atom. The van der Waals surface area contributed by atoms with Crippen LogP contribution in [0.25, 0.3) is 11.4 Å². The molecule has 0 unspecified atom stereocenters. The normalized spacial score (nSPS) is 10.6. The van der Waals surface area contributed by atoms with Gasteiger partial charge in [-0.05, 0) is 17.7 Å². The molecule has 0 radical (unpaired) electrons. The number of hydrogen-bond donors (Lipinski definition) is 1. The smallest absolute Gasteiger partial charge is 0.138 e. The molecule has 0 aliphatic heterocycles. The van der Waals surface area contributed by atoms with Crippen LogP contribution in [0.1, 0.15) is 11.1 Å². The third kappa shape index (κ3) is 3.32. The maximum absolute atomic E-state index is 5.73. The molecule has 0 aliphatic carbocycles. The average molecular weight is 295 g/mol. The zero-order valence-electron chi connectivity index (χ0n) is 12.3. The highest BCUT2D eigenvalue weighted by Crippen LogP contribution is 2.22. The third-order valence-corrected chi connectivity index (χ3v) is 3.26. The topological polar surface area (TPSA) is 60.0 Å². The molecule has 22 heavy (non-hydrogen) atoms. The van der Waals surface area contributed by atoms with Gasteiger partial charge in [-0.25, -0.2) is 0 Å². The van der Waals surface area contributed by atoms with Crippen LogP contribution in [-0.2, 0) is 18.0 Å². The zero-order chi connectivity index (χ0) is 15.2. The first kappa shape index (κ1) is 14.3. The van der Waals surface area contributed by atoms with Gasteiger partial charge in [-0.1, -0.05) is 30.3 Å². The quantitative estimate of drug-likeness (QED) is 0.758. The van der Waals surface area contributed by atoms with Crippen molar-refractivity contribution in [1.82, 2.24) is 15.2 Å². The second-order valence-corrected chi connectivity index (χ2v) is 4.86. The van der Waals surface area contributed by atoms with Gasteiger partial charge in [0.15, 0.2) is 0 Å². The Hall–Kier alpha value is -2.66. The van der Waals surface area contributed by atoms with E-state index in [-0.39, 0.29) is 0 Å². The molecule has 0 saturated carbocycles. The number of aromatic nitrogens is 3. The van der Waals surface area contributed by atoms with Gasteiger partial charge in [-0.3, -0.25) is 10.1 Å². The van der Waals surface area contributed by atoms with E-state index in [1.54, 1.807) is 19.5 Å². The number of benzene rings is 1. The van der Waals surface area contributed by atoms with E-state index in [4.69, 9.17) is 9.47 Å². The molecule has 3 rings (SSSR count). The minimum atomic E-state index is 0.500. The molecule has 0 fully saturated rings. The molecule has 0 atom stereocenters. The summed E-state index contributed by atoms with van der Waals surface area (Å²) in [5, 5.41) is 6.99. The SMILES string of the molecule is COCc1cn[nH]c1-c1ccc(OCc2ccccc2)cn1. The molecule has 2 aromatic heterocycles. The maximum atomic E-state index is 5.73. The number of hydrogen-bond acceptors (Lipinski definition) is 4. The van der Waals surface area contributed by atoms with Crippen LogP contribution in [0.4, 0.5) is 0 Å². The fourth-order valence-corrected chi connectivity index (χ4v) is 2.15. The summed E-state index contributed by atoms with van der Waals surface area (Å²) >= 11 is 0. The van der Waals surface area contributed by atoms with Crippen LogP contribution in [0.2, 0.25) is 0 Å². The molecule has 2 heterocycles. The summed E-state index contributed by atoms with van der Waals surface area (Å²) in [5.41, 5.74) is 3.79. The molecule has 5 nitrogen and oxygen atoms in total. The molecule has 0 bridgehead atoms. The lowest BCUT2D eigenvalue weighted by atomic mass is 10.2. The minimum Gasteiger partial charge on any atom is -0.487 e. The maximum Gasteiger partial charge on any atom is 0.138 e. The van der Waals surface area contributed by atoms with Crippen molar-refractivity contribution in [1.29, 1.82) is 0 Å². The lowest BCUT2D eigenvalue weighted by Gasteiger charge is -2.07. The third-order valence-electron chi connectivity index (χ3n) is 3.26. The van der Waals surface area contributed by atoms with Crippen molar-refractivity contribution < 1.29 is 9.47 Å². The Bertz CT molecular complexity index is 708. The van der Waals surface area contributed by atoms with Crippen molar-refractivity contribution in [2.75, 3.05) is 7.11 Å². The van der Waals surface area contributed by atoms with Crippen molar-refractivity contribution in [2.24, 2.45) is 0 Å². The Balaban J connectivity index is 1.68. The number of methoxy groups -OCH3 is 1. The monoisotopic (exact) mass is 295 g/mol. The highest BCUT2D eigenvalue weighted by atomic mass is 16.5. The Morgan fingerprint density at radius 3 is 2.59 bits per heavy atom. The summed E-state index contributed by atoms with van der Waals surface area (Å²) in [4.78, 5) is 4.42. The summed E-state index contributed by atoms with van der Waals surface area (Å²) in [6.45, 7) is 1.03. The molecule has 3 aromatic rings. The van der Waals surface area contributed by atoms with E-state index >= 15 is 0 Å². The average Bonchev–Trinajstić information content (AvgIpc) is 3.03. The fraction of sp³-hybridized carbons (Fsp3) is 0.176. The number of rotatable bonds is 6. The lowest BCUT2D eigenvalue weighted by Crippen LogP contribution is -1.96. The number of pyridine rings is 1. The van der Waals surface area contributed by atoms with Gasteiger partial charge >= 0.3 is 0 Å². The predicted octanol–water partition coefficient (Wildman–Crippen LogP) is 3.20. The minimum absolute atomic E-state index is 0.500. The number of H-pyrrole nitrogens is 1. The van der Waals surface area contributed by atoms with Crippen LogP contribution >= 0.6 is 0 Å². The Morgan fingerprint density at radius 1 is 1.00 bits per heavy atom. The van der Waals surface area contributed by atoms with Gasteiger partial charge in [0.05, 0.1) is 30.4 Å². The first-order chi connectivity index (χ1) is 10.9. The fourth-order valence-electron chi connectivity index (χ4n) is 2.15. The van der Waals surface area contributed by atoms with Gasteiger partial charge < -0.3 is 9.47 Å². The molecule has 0 aliphatic rings. The van der Waals surface area contributed by atoms with E-state index in [2.05, 4.69) is 15.2 Å². The lowest BCUT2D eigenvalue weighted by molar-refractivity contribution is 0.185. The Labute approximate surface area is 128 Å². The highest BCUT2D eigenvalue weighted by Gasteiger charge is 2.09. The van der Waals surface area contributed by atoms with Gasteiger partial charge in [0.25, 0.3) is 0 Å². The molecule has 0 saturated heterocycles. The first-order valence-electron chi connectivity index (χ1n) is 7.01. The van der Waals surface area contributed by atoms with Gasteiger partial charge in [0.2, 0.25) is 0 Å². The summed E-state index contributed by atoms with van der Waals surface area (Å²) in [7, 11) is 1.66. The summed E-state index contributed by atoms with van der Waals surface area (Å²) in [6, 6.07) is 13.9. The molecule has 0 amide bonds. The highest BCUT2D eigenvalue weighted by molar-refractivity contribution is 5.58. The van der Waals surface area contributed by atoms with E-state index in [1.165, 1.54) is 0 Å². The van der Waals surface area contributed by atoms with E-state index in [0.29, 0.717) is 13.2 Å². The van der Waals surface area contributed by atoms with E-state index in [0.717, 1.165) is 28.3 Å².